The Bertz CT molecular complexity index is 2070. The second-order valence-electron chi connectivity index (χ2n) is 17.1. The van der Waals surface area contributed by atoms with E-state index in [1.54, 1.807) is 0 Å². The maximum atomic E-state index is 14.9. The first-order valence-corrected chi connectivity index (χ1v) is 21.7. The number of nitrogens with zero attached hydrogens (tertiary/aromatic N) is 2. The molecular weight excluding hydrogens is 774 g/mol. The second-order valence-corrected chi connectivity index (χ2v) is 19.2. The number of sulfonamides is 1. The van der Waals surface area contributed by atoms with E-state index in [9.17, 15) is 32.0 Å². The van der Waals surface area contributed by atoms with Gasteiger partial charge in [-0.1, -0.05) is 44.2 Å². The Morgan fingerprint density at radius 3 is 2.52 bits per heavy atom. The van der Waals surface area contributed by atoms with Crippen LogP contribution in [0, 0.1) is 17.8 Å². The second kappa shape index (κ2) is 16.3. The van der Waals surface area contributed by atoms with Crippen molar-refractivity contribution in [1.29, 1.82) is 0 Å². The number of hydrogen-bond acceptors (Lipinski definition) is 11. The lowest BCUT2D eigenvalue weighted by molar-refractivity contribution is -0.142. The van der Waals surface area contributed by atoms with E-state index in [0.29, 0.717) is 50.0 Å². The van der Waals surface area contributed by atoms with Gasteiger partial charge in [0.25, 0.3) is 5.91 Å². The molecule has 4 amide bonds. The predicted octanol–water partition coefficient (Wildman–Crippen LogP) is 4.83. The number of benzene rings is 1. The number of pyridine rings is 1. The van der Waals surface area contributed by atoms with Gasteiger partial charge in [0.2, 0.25) is 27.7 Å². The van der Waals surface area contributed by atoms with E-state index in [4.69, 9.17) is 18.9 Å². The van der Waals surface area contributed by atoms with Crippen molar-refractivity contribution in [2.45, 2.75) is 113 Å². The molecule has 2 aromatic rings. The maximum absolute atomic E-state index is 14.9. The fourth-order valence-electron chi connectivity index (χ4n) is 8.59. The number of rotatable bonds is 9. The van der Waals surface area contributed by atoms with Gasteiger partial charge in [0.05, 0.1) is 33.1 Å². The molecule has 0 unspecified atom stereocenters. The van der Waals surface area contributed by atoms with Crippen molar-refractivity contribution >= 4 is 44.6 Å². The number of allylic oxidation sites excluding steroid dienone is 1. The Morgan fingerprint density at radius 2 is 1.83 bits per heavy atom. The van der Waals surface area contributed by atoms with Crippen LogP contribution in [-0.4, -0.2) is 110 Å². The number of ether oxygens (including phenoxy) is 4. The minimum absolute atomic E-state index is 0. The third-order valence-electron chi connectivity index (χ3n) is 12.6. The summed E-state index contributed by atoms with van der Waals surface area (Å²) in [6.07, 6.45) is 6.89. The van der Waals surface area contributed by atoms with Gasteiger partial charge >= 0.3 is 6.09 Å². The lowest BCUT2D eigenvalue weighted by Crippen LogP contribution is -2.59. The summed E-state index contributed by atoms with van der Waals surface area (Å²) in [5.41, 5.74) is -2.45. The number of halogens is 1. The number of carbonyl (C=O) groups is 4. The molecule has 3 N–H and O–H groups in total. The highest BCUT2D eigenvalue weighted by Crippen LogP contribution is 2.48. The zero-order chi connectivity index (χ0) is 41.5. The molecular formula is C41H60FN5O10S. The van der Waals surface area contributed by atoms with E-state index < -0.39 is 80.5 Å². The number of hydrogen-bond donors (Lipinski definition) is 3. The van der Waals surface area contributed by atoms with Crippen LogP contribution >= 0.6 is 0 Å². The number of methoxy groups -OCH3 is 1. The summed E-state index contributed by atoms with van der Waals surface area (Å²) in [5, 5.41) is 7.10. The number of nitrogens with one attached hydrogen (secondary N) is 3. The molecule has 3 aliphatic heterocycles. The first-order chi connectivity index (χ1) is 27.6. The molecule has 0 radical (unpaired) electrons. The van der Waals surface area contributed by atoms with Gasteiger partial charge in [-0.25, -0.2) is 22.6 Å². The molecule has 2 saturated heterocycles. The highest BCUT2D eigenvalue weighted by atomic mass is 32.2. The molecule has 15 nitrogen and oxygen atoms in total. The molecule has 58 heavy (non-hydrogen) atoms. The van der Waals surface area contributed by atoms with Gasteiger partial charge in [-0.3, -0.25) is 19.1 Å². The lowest BCUT2D eigenvalue weighted by Gasteiger charge is -2.35. The molecule has 4 fully saturated rings. The largest absolute Gasteiger partial charge is 0.494 e. The maximum Gasteiger partial charge on any atom is 0.408 e. The summed E-state index contributed by atoms with van der Waals surface area (Å²) in [4.78, 5) is 62.9. The molecule has 322 valence electrons. The minimum atomic E-state index is -4.39. The molecule has 4 heterocycles. The van der Waals surface area contributed by atoms with Gasteiger partial charge in [0.1, 0.15) is 46.5 Å². The number of fused-ring (bicyclic) bond motifs is 3. The van der Waals surface area contributed by atoms with Crippen molar-refractivity contribution in [3.63, 3.8) is 0 Å². The SMILES string of the molecule is COc1cnc(O[C@@H]2C[C@H]3C(=O)N[C@]4(C(=O)NS(=O)(=O)C5(CF)CC5)C[C@H]4/C=C\CC[C@H](C)C[C@@H](C)[C@H](NC(=O)OC4(C)CCOCC4)C(=O)N3C2)c2ccccc12.[HH].[HH].[HH]. The Kier molecular flexibility index (Phi) is 11.7. The quantitative estimate of drug-likeness (QED) is 0.294. The van der Waals surface area contributed by atoms with Gasteiger partial charge in [-0.05, 0) is 63.4 Å². The first kappa shape index (κ1) is 41.6. The van der Waals surface area contributed by atoms with Gasteiger partial charge in [-0.15, -0.1) is 0 Å². The number of alkyl halides is 1. The Hall–Kier alpha value is -4.51. The van der Waals surface area contributed by atoms with Crippen LogP contribution in [0.4, 0.5) is 9.18 Å². The molecule has 1 aromatic carbocycles. The molecule has 0 bridgehead atoms. The standard InChI is InChI=1S/C41H54FN5O10S.3H2/c1-25-9-5-6-10-27-21-41(27,37(50)46-58(52,53)40(24-42)13-14-40)45-34(48)31-20-28(56-35-30-12-8-7-11-29(30)32(54-4)22-43-35)23-47(31)36(49)33(26(2)19-25)44-38(51)57-39(3)15-17-55-18-16-39;;;/h6-8,10-12,22,25-28,31,33H,5,9,13-21,23-24H2,1-4H3,(H,44,51)(H,45,48)(H,46,50);3*1H/b10-6-;;;/t25-,26+,27+,28+,31-,33-,41+;;;/m0.../s1. The molecule has 5 aliphatic rings. The molecule has 1 aromatic heterocycles. The third-order valence-corrected chi connectivity index (χ3v) is 14.8. The predicted molar refractivity (Wildman–Crippen MR) is 216 cm³/mol. The molecule has 2 aliphatic carbocycles. The van der Waals surface area contributed by atoms with Crippen LogP contribution in [0.5, 0.6) is 11.6 Å². The summed E-state index contributed by atoms with van der Waals surface area (Å²) < 4.78 is 64.1. The van der Waals surface area contributed by atoms with Gasteiger partial charge in [0.15, 0.2) is 0 Å². The summed E-state index contributed by atoms with van der Waals surface area (Å²) >= 11 is 0. The number of alkyl carbamates (subject to hydrolysis) is 1. The lowest BCUT2D eigenvalue weighted by atomic mass is 9.88. The molecule has 2 saturated carbocycles. The smallest absolute Gasteiger partial charge is 0.408 e. The van der Waals surface area contributed by atoms with E-state index in [0.717, 1.165) is 11.8 Å². The monoisotopic (exact) mass is 833 g/mol. The van der Waals surface area contributed by atoms with Crippen molar-refractivity contribution in [1.82, 2.24) is 25.2 Å². The van der Waals surface area contributed by atoms with Crippen LogP contribution < -0.4 is 24.8 Å². The summed E-state index contributed by atoms with van der Waals surface area (Å²) in [6, 6.07) is 5.07. The highest BCUT2D eigenvalue weighted by molar-refractivity contribution is 7.91. The third kappa shape index (κ3) is 8.34. The van der Waals surface area contributed by atoms with Crippen LogP contribution in [0.2, 0.25) is 0 Å². The van der Waals surface area contributed by atoms with Crippen molar-refractivity contribution in [2.75, 3.05) is 33.5 Å². The highest BCUT2D eigenvalue weighted by Gasteiger charge is 2.64. The summed E-state index contributed by atoms with van der Waals surface area (Å²) in [6.45, 7) is 5.43. The Morgan fingerprint density at radius 1 is 1.10 bits per heavy atom. The van der Waals surface area contributed by atoms with Crippen molar-refractivity contribution in [3.05, 3.63) is 42.6 Å². The normalized spacial score (nSPS) is 31.3. The average Bonchev–Trinajstić information content (AvgIpc) is 4.10. The topological polar surface area (TPSA) is 192 Å². The molecule has 17 heteroatoms. The van der Waals surface area contributed by atoms with Crippen molar-refractivity contribution < 1.29 is 55.2 Å². The van der Waals surface area contributed by atoms with E-state index >= 15 is 0 Å². The van der Waals surface area contributed by atoms with Crippen LogP contribution in [0.3, 0.4) is 0 Å². The zero-order valence-corrected chi connectivity index (χ0v) is 34.3. The van der Waals surface area contributed by atoms with E-state index in [1.165, 1.54) is 18.2 Å². The summed E-state index contributed by atoms with van der Waals surface area (Å²) in [7, 11) is -2.85. The number of aromatic nitrogens is 1. The average molecular weight is 834 g/mol. The Labute approximate surface area is 342 Å². The first-order valence-electron chi connectivity index (χ1n) is 20.2. The number of carbonyl (C=O) groups excluding carboxylic acids is 4. The van der Waals surface area contributed by atoms with E-state index in [-0.39, 0.29) is 54.2 Å². The Balaban J connectivity index is 0.00000273. The van der Waals surface area contributed by atoms with Gasteiger partial charge in [0, 0.05) is 40.2 Å². The van der Waals surface area contributed by atoms with Gasteiger partial charge in [-0.2, -0.15) is 0 Å². The number of amides is 4. The van der Waals surface area contributed by atoms with Crippen molar-refractivity contribution in [2.24, 2.45) is 17.8 Å². The zero-order valence-electron chi connectivity index (χ0n) is 33.5. The fourth-order valence-corrected chi connectivity index (χ4v) is 10.0. The van der Waals surface area contributed by atoms with Crippen molar-refractivity contribution in [3.8, 4) is 11.6 Å². The fraction of sp³-hybridized carbons (Fsp3) is 0.634. The minimum Gasteiger partial charge on any atom is -0.494 e. The van der Waals surface area contributed by atoms with Gasteiger partial charge < -0.3 is 34.5 Å². The summed E-state index contributed by atoms with van der Waals surface area (Å²) in [5.74, 6) is -2.22. The van der Waals surface area contributed by atoms with Crippen LogP contribution in [0.15, 0.2) is 42.6 Å². The van der Waals surface area contributed by atoms with E-state index in [1.807, 2.05) is 50.3 Å². The van der Waals surface area contributed by atoms with Crippen LogP contribution in [-0.2, 0) is 33.9 Å². The van der Waals surface area contributed by atoms with Crippen LogP contribution in [0.25, 0.3) is 10.8 Å². The molecule has 0 spiro atoms. The van der Waals surface area contributed by atoms with Crippen LogP contribution in [0.1, 0.15) is 82.8 Å². The van der Waals surface area contributed by atoms with E-state index in [2.05, 4.69) is 27.3 Å². The molecule has 7 atom stereocenters. The molecule has 7 rings (SSSR count).